The third-order valence-corrected chi connectivity index (χ3v) is 6.85. The van der Waals surface area contributed by atoms with E-state index >= 15 is 0 Å². The van der Waals surface area contributed by atoms with Crippen LogP contribution in [-0.2, 0) is 16.1 Å². The van der Waals surface area contributed by atoms with Gasteiger partial charge in [0.2, 0.25) is 11.8 Å². The summed E-state index contributed by atoms with van der Waals surface area (Å²) in [7, 11) is 0. The van der Waals surface area contributed by atoms with Crippen molar-refractivity contribution < 1.29 is 9.59 Å². The van der Waals surface area contributed by atoms with Gasteiger partial charge in [-0.05, 0) is 49.3 Å². The van der Waals surface area contributed by atoms with Crippen LogP contribution in [0.15, 0.2) is 34.7 Å². The zero-order chi connectivity index (χ0) is 20.1. The molecule has 0 aromatic carbocycles. The van der Waals surface area contributed by atoms with Crippen LogP contribution in [0.25, 0.3) is 0 Å². The summed E-state index contributed by atoms with van der Waals surface area (Å²) in [6, 6.07) is 8.20. The lowest BCUT2D eigenvalue weighted by atomic mass is 9.97. The molecule has 2 fully saturated rings. The summed E-state index contributed by atoms with van der Waals surface area (Å²) in [6.07, 6.45) is 4.13. The monoisotopic (exact) mass is 431 g/mol. The Labute approximate surface area is 178 Å². The molecule has 1 saturated heterocycles. The average Bonchev–Trinajstić information content (AvgIpc) is 3.41. The molecular formula is C20H25N5O2S2. The quantitative estimate of drug-likeness (QED) is 0.625. The fourth-order valence-corrected chi connectivity index (χ4v) is 4.58. The number of hydrogen-bond donors (Lipinski definition) is 2. The molecule has 3 heterocycles. The topological polar surface area (TPSA) is 87.2 Å². The molecule has 4 rings (SSSR count). The fourth-order valence-electron chi connectivity index (χ4n) is 3.29. The third kappa shape index (κ3) is 5.93. The van der Waals surface area contributed by atoms with E-state index in [9.17, 15) is 9.59 Å². The van der Waals surface area contributed by atoms with Crippen molar-refractivity contribution in [2.75, 3.05) is 23.7 Å². The van der Waals surface area contributed by atoms with E-state index in [2.05, 4.69) is 25.7 Å². The molecule has 2 N–H and O–H groups in total. The summed E-state index contributed by atoms with van der Waals surface area (Å²) in [5, 5.41) is 17.3. The van der Waals surface area contributed by atoms with Crippen molar-refractivity contribution in [3.05, 3.63) is 34.5 Å². The molecule has 1 saturated carbocycles. The van der Waals surface area contributed by atoms with Gasteiger partial charge in [0, 0.05) is 24.0 Å². The van der Waals surface area contributed by atoms with Crippen LogP contribution in [0.4, 0.5) is 5.82 Å². The van der Waals surface area contributed by atoms with E-state index in [-0.39, 0.29) is 17.7 Å². The minimum Gasteiger partial charge on any atom is -0.354 e. The molecular weight excluding hydrogens is 406 g/mol. The lowest BCUT2D eigenvalue weighted by molar-refractivity contribution is -0.125. The van der Waals surface area contributed by atoms with Gasteiger partial charge in [-0.1, -0.05) is 17.8 Å². The van der Waals surface area contributed by atoms with Crippen LogP contribution in [0.1, 0.15) is 30.6 Å². The maximum Gasteiger partial charge on any atom is 0.230 e. The molecule has 2 aliphatic rings. The second-order valence-electron chi connectivity index (χ2n) is 7.44. The van der Waals surface area contributed by atoms with Gasteiger partial charge in [0.25, 0.3) is 0 Å². The highest BCUT2D eigenvalue weighted by Gasteiger charge is 2.30. The molecule has 1 aliphatic carbocycles. The predicted octanol–water partition coefficient (Wildman–Crippen LogP) is 2.44. The van der Waals surface area contributed by atoms with Gasteiger partial charge in [0.15, 0.2) is 5.82 Å². The standard InChI is InChI=1S/C20H25N5O2S2/c26-18(21-11-16-4-2-10-28-16)13-29-19-8-7-17(23-24-19)25-9-1-3-14(12-25)20(27)22-15-5-6-15/h2,4,7-8,10,14-15H,1,3,5-6,9,11-13H2,(H,21,26)(H,22,27)/t14-/m0/s1. The summed E-state index contributed by atoms with van der Waals surface area (Å²) < 4.78 is 0. The number of amides is 2. The zero-order valence-corrected chi connectivity index (χ0v) is 17.8. The summed E-state index contributed by atoms with van der Waals surface area (Å²) in [6.45, 7) is 2.14. The molecule has 2 aromatic rings. The van der Waals surface area contributed by atoms with Crippen molar-refractivity contribution in [2.45, 2.75) is 43.3 Å². The van der Waals surface area contributed by atoms with Gasteiger partial charge in [-0.2, -0.15) is 0 Å². The van der Waals surface area contributed by atoms with E-state index in [0.717, 1.165) is 47.9 Å². The second-order valence-corrected chi connectivity index (χ2v) is 9.47. The van der Waals surface area contributed by atoms with E-state index in [1.807, 2.05) is 29.6 Å². The second kappa shape index (κ2) is 9.58. The van der Waals surface area contributed by atoms with Crippen molar-refractivity contribution in [2.24, 2.45) is 5.92 Å². The van der Waals surface area contributed by atoms with E-state index in [0.29, 0.717) is 24.9 Å². The normalized spacial score (nSPS) is 19.0. The molecule has 0 unspecified atom stereocenters. The maximum atomic E-state index is 12.3. The highest BCUT2D eigenvalue weighted by Crippen LogP contribution is 2.25. The highest BCUT2D eigenvalue weighted by atomic mass is 32.2. The Morgan fingerprint density at radius 1 is 1.21 bits per heavy atom. The summed E-state index contributed by atoms with van der Waals surface area (Å²) in [5.74, 6) is 1.28. The smallest absolute Gasteiger partial charge is 0.230 e. The summed E-state index contributed by atoms with van der Waals surface area (Å²) in [5.41, 5.74) is 0. The molecule has 2 amide bonds. The minimum absolute atomic E-state index is 0.0187. The largest absolute Gasteiger partial charge is 0.354 e. The van der Waals surface area contributed by atoms with Crippen LogP contribution < -0.4 is 15.5 Å². The Morgan fingerprint density at radius 3 is 2.83 bits per heavy atom. The molecule has 0 spiro atoms. The van der Waals surface area contributed by atoms with Crippen molar-refractivity contribution in [3.63, 3.8) is 0 Å². The number of carbonyl (C=O) groups is 2. The first-order valence-corrected chi connectivity index (χ1v) is 11.8. The van der Waals surface area contributed by atoms with Gasteiger partial charge in [-0.3, -0.25) is 9.59 Å². The number of aromatic nitrogens is 2. The van der Waals surface area contributed by atoms with Gasteiger partial charge < -0.3 is 15.5 Å². The molecule has 0 bridgehead atoms. The Bertz CT molecular complexity index is 824. The number of rotatable bonds is 8. The first-order valence-electron chi connectivity index (χ1n) is 9.98. The number of anilines is 1. The van der Waals surface area contributed by atoms with E-state index in [4.69, 9.17) is 0 Å². The minimum atomic E-state index is -0.0187. The number of nitrogens with zero attached hydrogens (tertiary/aromatic N) is 3. The van der Waals surface area contributed by atoms with Crippen molar-refractivity contribution in [3.8, 4) is 0 Å². The lowest BCUT2D eigenvalue weighted by Crippen LogP contribution is -2.44. The Morgan fingerprint density at radius 2 is 2.10 bits per heavy atom. The van der Waals surface area contributed by atoms with E-state index in [1.165, 1.54) is 11.8 Å². The van der Waals surface area contributed by atoms with Crippen LogP contribution in [0.5, 0.6) is 0 Å². The third-order valence-electron chi connectivity index (χ3n) is 5.06. The number of piperidine rings is 1. The maximum absolute atomic E-state index is 12.3. The molecule has 1 atom stereocenters. The Kier molecular flexibility index (Phi) is 6.66. The zero-order valence-electron chi connectivity index (χ0n) is 16.2. The van der Waals surface area contributed by atoms with Crippen LogP contribution in [0, 0.1) is 5.92 Å². The Hall–Kier alpha value is -2.13. The van der Waals surface area contributed by atoms with Crippen LogP contribution in [0.2, 0.25) is 0 Å². The number of thiophene rings is 1. The molecule has 29 heavy (non-hydrogen) atoms. The summed E-state index contributed by atoms with van der Waals surface area (Å²) in [4.78, 5) is 27.6. The Balaban J connectivity index is 1.23. The van der Waals surface area contributed by atoms with Gasteiger partial charge >= 0.3 is 0 Å². The molecule has 0 radical (unpaired) electrons. The molecule has 154 valence electrons. The van der Waals surface area contributed by atoms with Gasteiger partial charge in [-0.15, -0.1) is 21.5 Å². The van der Waals surface area contributed by atoms with E-state index < -0.39 is 0 Å². The first kappa shape index (κ1) is 20.2. The highest BCUT2D eigenvalue weighted by molar-refractivity contribution is 7.99. The van der Waals surface area contributed by atoms with Crippen molar-refractivity contribution in [1.82, 2.24) is 20.8 Å². The lowest BCUT2D eigenvalue weighted by Gasteiger charge is -2.32. The molecule has 7 nitrogen and oxygen atoms in total. The van der Waals surface area contributed by atoms with Crippen molar-refractivity contribution in [1.29, 1.82) is 0 Å². The summed E-state index contributed by atoms with van der Waals surface area (Å²) >= 11 is 3.00. The number of carbonyl (C=O) groups excluding carboxylic acids is 2. The average molecular weight is 432 g/mol. The first-order chi connectivity index (χ1) is 14.2. The van der Waals surface area contributed by atoms with Gasteiger partial charge in [-0.25, -0.2) is 0 Å². The van der Waals surface area contributed by atoms with Crippen LogP contribution >= 0.6 is 23.1 Å². The van der Waals surface area contributed by atoms with Crippen molar-refractivity contribution >= 4 is 40.7 Å². The molecule has 2 aromatic heterocycles. The predicted molar refractivity (Wildman–Crippen MR) is 115 cm³/mol. The van der Waals surface area contributed by atoms with Crippen LogP contribution in [0.3, 0.4) is 0 Å². The number of thioether (sulfide) groups is 1. The van der Waals surface area contributed by atoms with Crippen LogP contribution in [-0.4, -0.2) is 46.9 Å². The SMILES string of the molecule is O=C(CSc1ccc(N2CCC[C@H](C(=O)NC3CC3)C2)nn1)NCc1cccs1. The molecule has 9 heteroatoms. The number of nitrogens with one attached hydrogen (secondary N) is 2. The van der Waals surface area contributed by atoms with Gasteiger partial charge in [0.1, 0.15) is 5.03 Å². The van der Waals surface area contributed by atoms with E-state index in [1.54, 1.807) is 11.3 Å². The number of hydrogen-bond acceptors (Lipinski definition) is 7. The van der Waals surface area contributed by atoms with Gasteiger partial charge in [0.05, 0.1) is 18.2 Å². The fraction of sp³-hybridized carbons (Fsp3) is 0.500. The molecule has 1 aliphatic heterocycles.